The van der Waals surface area contributed by atoms with E-state index in [0.717, 1.165) is 0 Å². The van der Waals surface area contributed by atoms with Crippen LogP contribution in [-0.2, 0) is 12.6 Å². The van der Waals surface area contributed by atoms with Crippen molar-refractivity contribution in [2.24, 2.45) is 0 Å². The van der Waals surface area contributed by atoms with Crippen LogP contribution >= 0.6 is 20.6 Å². The first-order valence-electron chi connectivity index (χ1n) is 3.41. The van der Waals surface area contributed by atoms with Crippen LogP contribution in [0.2, 0.25) is 0 Å². The maximum absolute atomic E-state index is 12.3. The van der Waals surface area contributed by atoms with Crippen molar-refractivity contribution in [3.05, 3.63) is 0 Å². The molecule has 18 heavy (non-hydrogen) atoms. The minimum atomic E-state index is -6.40. The summed E-state index contributed by atoms with van der Waals surface area (Å²) in [4.78, 5) is 0. The normalized spacial score (nSPS) is 15.7. The van der Waals surface area contributed by atoms with Gasteiger partial charge in [-0.05, 0) is 0 Å². The average molecular weight is 426 g/mol. The van der Waals surface area contributed by atoms with E-state index < -0.39 is 52.8 Å². The van der Waals surface area contributed by atoms with Gasteiger partial charge in [0.15, 0.2) is 0 Å². The molecule has 0 spiro atoms. The molecule has 0 unspecified atom stereocenters. The third kappa shape index (κ3) is 4.61. The predicted molar refractivity (Wildman–Crippen MR) is 48.2 cm³/mol. The molecule has 4 nitrogen and oxygen atoms in total. The quantitative estimate of drug-likeness (QED) is 0.325. The van der Waals surface area contributed by atoms with E-state index in [9.17, 15) is 43.5 Å². The molecule has 14 heteroatoms. The van der Waals surface area contributed by atoms with Gasteiger partial charge >= 0.3 is 102 Å². The molecule has 0 rings (SSSR count). The van der Waals surface area contributed by atoms with E-state index in [-0.39, 0.29) is 0 Å². The zero-order valence-electron chi connectivity index (χ0n) is 7.69. The Balaban J connectivity index is 4.80. The van der Waals surface area contributed by atoms with Gasteiger partial charge < -0.3 is 0 Å². The van der Waals surface area contributed by atoms with E-state index >= 15 is 0 Å². The van der Waals surface area contributed by atoms with Gasteiger partial charge in [-0.1, -0.05) is 0 Å². The molecule has 0 saturated carbocycles. The summed E-state index contributed by atoms with van der Waals surface area (Å²) >= 11 is -5.11. The standard InChI is InChI=1S/C4H3F8IO4S/c5-2(6,3(7,8)9)1-13(14)17-18(15,16)4(10,11)12/h14H,1H2. The summed E-state index contributed by atoms with van der Waals surface area (Å²) in [5, 5.41) is 0. The molecule has 0 amide bonds. The third-order valence-electron chi connectivity index (χ3n) is 1.14. The second-order valence-corrected chi connectivity index (χ2v) is 7.63. The van der Waals surface area contributed by atoms with Crippen molar-refractivity contribution in [3.8, 4) is 0 Å². The monoisotopic (exact) mass is 426 g/mol. The number of halogens is 9. The Labute approximate surface area is 103 Å². The van der Waals surface area contributed by atoms with Crippen molar-refractivity contribution in [2.75, 3.05) is 4.43 Å². The van der Waals surface area contributed by atoms with Crippen molar-refractivity contribution < 1.29 is 49.5 Å². The second-order valence-electron chi connectivity index (χ2n) is 2.60. The van der Waals surface area contributed by atoms with Crippen LogP contribution in [0.25, 0.3) is 0 Å². The van der Waals surface area contributed by atoms with Crippen molar-refractivity contribution >= 4 is 30.8 Å². The van der Waals surface area contributed by atoms with Crippen LogP contribution in [0, 0.1) is 0 Å². The number of hydrogen-bond acceptors (Lipinski definition) is 4. The van der Waals surface area contributed by atoms with E-state index in [0.29, 0.717) is 0 Å². The SMILES string of the molecule is O=S(=O)(OI(O)CC(F)(F)C(F)(F)F)C(F)(F)F. The van der Waals surface area contributed by atoms with Gasteiger partial charge in [0.1, 0.15) is 0 Å². The molecule has 0 aromatic rings. The molecule has 0 aromatic carbocycles. The van der Waals surface area contributed by atoms with Crippen molar-refractivity contribution in [3.63, 3.8) is 0 Å². The van der Waals surface area contributed by atoms with Gasteiger partial charge in [-0.2, -0.15) is 0 Å². The van der Waals surface area contributed by atoms with E-state index in [4.69, 9.17) is 3.44 Å². The van der Waals surface area contributed by atoms with Crippen molar-refractivity contribution in [1.82, 2.24) is 0 Å². The molecule has 0 aliphatic heterocycles. The van der Waals surface area contributed by atoms with E-state index in [1.807, 2.05) is 0 Å². The van der Waals surface area contributed by atoms with E-state index in [1.165, 1.54) is 0 Å². The third-order valence-corrected chi connectivity index (χ3v) is 6.29. The molecule has 0 aliphatic carbocycles. The van der Waals surface area contributed by atoms with Crippen LogP contribution in [0.5, 0.6) is 0 Å². The van der Waals surface area contributed by atoms with Crippen LogP contribution < -0.4 is 0 Å². The molecule has 0 aliphatic rings. The predicted octanol–water partition coefficient (Wildman–Crippen LogP) is 2.38. The van der Waals surface area contributed by atoms with E-state index in [1.54, 1.807) is 0 Å². The fourth-order valence-electron chi connectivity index (χ4n) is 0.373. The van der Waals surface area contributed by atoms with E-state index in [2.05, 4.69) is 2.51 Å². The van der Waals surface area contributed by atoms with Crippen LogP contribution in [0.4, 0.5) is 35.1 Å². The van der Waals surface area contributed by atoms with Gasteiger partial charge in [0, 0.05) is 0 Å². The van der Waals surface area contributed by atoms with Gasteiger partial charge in [-0.25, -0.2) is 0 Å². The molecule has 112 valence electrons. The summed E-state index contributed by atoms with van der Waals surface area (Å²) in [6.45, 7) is 0. The molecule has 0 fully saturated rings. The Morgan fingerprint density at radius 2 is 1.39 bits per heavy atom. The first-order chi connectivity index (χ1) is 7.60. The van der Waals surface area contributed by atoms with Gasteiger partial charge in [-0.15, -0.1) is 0 Å². The Bertz CT molecular complexity index is 385. The van der Waals surface area contributed by atoms with Crippen LogP contribution in [0.1, 0.15) is 0 Å². The van der Waals surface area contributed by atoms with Crippen molar-refractivity contribution in [2.45, 2.75) is 17.6 Å². The summed E-state index contributed by atoms with van der Waals surface area (Å²) < 4.78 is 124. The Morgan fingerprint density at radius 1 is 1.00 bits per heavy atom. The Morgan fingerprint density at radius 3 is 1.67 bits per heavy atom. The first kappa shape index (κ1) is 18.0. The first-order valence-corrected chi connectivity index (χ1v) is 8.19. The summed E-state index contributed by atoms with van der Waals surface area (Å²) in [5.41, 5.74) is -6.01. The fraction of sp³-hybridized carbons (Fsp3) is 1.00. The molecule has 0 aromatic heterocycles. The van der Waals surface area contributed by atoms with Crippen LogP contribution in [0.15, 0.2) is 0 Å². The molecule has 1 N–H and O–H groups in total. The molecular weight excluding hydrogens is 423 g/mol. The molecule has 0 saturated heterocycles. The maximum atomic E-state index is 12.3. The van der Waals surface area contributed by atoms with Gasteiger partial charge in [0.25, 0.3) is 0 Å². The number of alkyl halides is 9. The summed E-state index contributed by atoms with van der Waals surface area (Å²) in [7, 11) is -6.40. The molecule has 0 radical (unpaired) electrons. The summed E-state index contributed by atoms with van der Waals surface area (Å²) in [6, 6.07) is 0. The second kappa shape index (κ2) is 5.20. The molecule has 0 heterocycles. The number of hydrogen-bond donors (Lipinski definition) is 1. The zero-order valence-corrected chi connectivity index (χ0v) is 10.7. The van der Waals surface area contributed by atoms with Crippen molar-refractivity contribution in [1.29, 1.82) is 0 Å². The molecular formula is C4H3F8IO4S. The van der Waals surface area contributed by atoms with Gasteiger partial charge in [0.05, 0.1) is 0 Å². The van der Waals surface area contributed by atoms with Gasteiger partial charge in [0.2, 0.25) is 0 Å². The topological polar surface area (TPSA) is 63.6 Å². The minimum absolute atomic E-state index is 2.53. The van der Waals surface area contributed by atoms with Gasteiger partial charge in [-0.3, -0.25) is 0 Å². The summed E-state index contributed by atoms with van der Waals surface area (Å²) in [5.74, 6) is -5.53. The Kier molecular flexibility index (Phi) is 5.21. The molecule has 0 atom stereocenters. The number of rotatable bonds is 4. The molecule has 0 bridgehead atoms. The average Bonchev–Trinajstić information content (AvgIpc) is 1.95. The Hall–Kier alpha value is 0.0400. The van der Waals surface area contributed by atoms with Crippen LogP contribution in [0.3, 0.4) is 0 Å². The summed E-state index contributed by atoms with van der Waals surface area (Å²) in [6.07, 6.45) is -6.13. The zero-order chi connectivity index (χ0) is 15.0. The van der Waals surface area contributed by atoms with Crippen LogP contribution in [-0.4, -0.2) is 33.9 Å². The fourth-order valence-corrected chi connectivity index (χ4v) is 4.56.